The fourth-order valence-corrected chi connectivity index (χ4v) is 4.88. The maximum atomic E-state index is 12.8. The highest BCUT2D eigenvalue weighted by Crippen LogP contribution is 2.15. The van der Waals surface area contributed by atoms with Crippen LogP contribution in [0.25, 0.3) is 0 Å². The summed E-state index contributed by atoms with van der Waals surface area (Å²) >= 11 is 0. The number of carboxylic acid groups (broad SMARTS) is 4. The molecule has 9 N–H and O–H groups in total. The number of rotatable bonds is 22. The van der Waals surface area contributed by atoms with Gasteiger partial charge in [-0.05, 0) is 62.4 Å². The van der Waals surface area contributed by atoms with Crippen LogP contribution in [0.3, 0.4) is 0 Å². The van der Waals surface area contributed by atoms with E-state index in [0.29, 0.717) is 23.5 Å². The predicted octanol–water partition coefficient (Wildman–Crippen LogP) is 0.964. The van der Waals surface area contributed by atoms with E-state index in [-0.39, 0.29) is 55.7 Å². The molecule has 2 heterocycles. The molecule has 0 saturated carbocycles. The van der Waals surface area contributed by atoms with E-state index in [1.807, 2.05) is 13.8 Å². The third kappa shape index (κ3) is 24.2. The van der Waals surface area contributed by atoms with E-state index in [1.54, 1.807) is 33.0 Å². The molecular weight excluding hydrogens is 874 g/mol. The van der Waals surface area contributed by atoms with Gasteiger partial charge in [0.25, 0.3) is 23.6 Å². The number of unbranched alkanes of at least 4 members (excludes halogenated alkanes) is 1. The largest absolute Gasteiger partial charge is 0.481 e. The number of carbonyl (C=O) groups excluding carboxylic acids is 8. The van der Waals surface area contributed by atoms with Gasteiger partial charge in [0.15, 0.2) is 0 Å². The molecule has 0 bridgehead atoms. The van der Waals surface area contributed by atoms with Gasteiger partial charge in [-0.3, -0.25) is 52.9 Å². The van der Waals surface area contributed by atoms with Gasteiger partial charge in [-0.1, -0.05) is 33.8 Å². The molecule has 362 valence electrons. The zero-order valence-electron chi connectivity index (χ0n) is 37.2. The summed E-state index contributed by atoms with van der Waals surface area (Å²) in [7, 11) is 0. The number of aromatic nitrogens is 1. The smallest absolute Gasteiger partial charge is 0.363 e. The topological polar surface area (TPSA) is 371 Å². The Bertz CT molecular complexity index is 2010. The molecule has 1 aromatic carbocycles. The summed E-state index contributed by atoms with van der Waals surface area (Å²) in [5, 5.41) is 46.2. The molecule has 1 aliphatic rings. The first kappa shape index (κ1) is 58.2. The fourth-order valence-electron chi connectivity index (χ4n) is 4.88. The van der Waals surface area contributed by atoms with Crippen molar-refractivity contribution in [3.05, 3.63) is 65.0 Å². The SMILES string of the molecule is CC.CCC(=O)O.CCC(=O)O.Cc1cncc(C(=O)NCCCCC(NC(=O)CNC(=O)C(CCC(=O)O)NC(=O)CNC(=O)c2cccc(C(=O)ON3C(=O)CCC3=O)c2)C(=O)O)c1. The first-order valence-electron chi connectivity index (χ1n) is 20.6. The Kier molecular flexibility index (Phi) is 28.2. The van der Waals surface area contributed by atoms with Gasteiger partial charge in [-0.2, -0.15) is 0 Å². The van der Waals surface area contributed by atoms with Gasteiger partial charge in [-0.15, -0.1) is 5.06 Å². The van der Waals surface area contributed by atoms with Crippen LogP contribution in [0, 0.1) is 6.92 Å². The number of hydroxylamine groups is 2. The lowest BCUT2D eigenvalue weighted by molar-refractivity contribution is -0.172. The third-order valence-corrected chi connectivity index (χ3v) is 8.25. The van der Waals surface area contributed by atoms with Gasteiger partial charge in [0.2, 0.25) is 17.7 Å². The summed E-state index contributed by atoms with van der Waals surface area (Å²) in [5.74, 6) is -10.5. The minimum atomic E-state index is -1.46. The first-order valence-corrected chi connectivity index (χ1v) is 20.6. The van der Waals surface area contributed by atoms with Gasteiger partial charge >= 0.3 is 29.8 Å². The number of nitrogens with zero attached hydrogens (tertiary/aromatic N) is 2. The normalized spacial score (nSPS) is 12.0. The second-order valence-electron chi connectivity index (χ2n) is 13.4. The van der Waals surface area contributed by atoms with Crippen molar-refractivity contribution < 1.29 is 82.8 Å². The molecule has 1 saturated heterocycles. The molecule has 2 atom stereocenters. The van der Waals surface area contributed by atoms with Gasteiger partial charge in [0, 0.05) is 56.6 Å². The average molecular weight is 932 g/mol. The van der Waals surface area contributed by atoms with Gasteiger partial charge in [0.05, 0.1) is 24.2 Å². The molecule has 0 radical (unpaired) electrons. The van der Waals surface area contributed by atoms with E-state index < -0.39 is 103 Å². The standard InChI is InChI=1S/C34H39N7O13.2C3H6O2.C2H6/c1-19-13-22(16-35-15-19)31(49)36-12-3-2-7-24(33(51)52)40-26(43)18-38-32(50)23(8-11-29(46)47)39-25(42)17-37-30(48)20-5-4-6-21(14-20)34(53)54-41-27(44)9-10-28(41)45;2*1-2-3(4)5;1-2/h4-6,13-16,23-24H,2-3,7-12,17-18H2,1H3,(H,36,49)(H,37,48)(H,38,50)(H,39,42)(H,40,43)(H,46,47)(H,51,52);2*2H2,1H3,(H,4,5);1-2H3. The van der Waals surface area contributed by atoms with E-state index >= 15 is 0 Å². The third-order valence-electron chi connectivity index (χ3n) is 8.25. The molecule has 24 heteroatoms. The number of carboxylic acids is 4. The van der Waals surface area contributed by atoms with Crippen LogP contribution in [0.15, 0.2) is 42.7 Å². The molecule has 24 nitrogen and oxygen atoms in total. The highest BCUT2D eigenvalue weighted by Gasteiger charge is 2.33. The van der Waals surface area contributed by atoms with Crippen molar-refractivity contribution in [2.24, 2.45) is 0 Å². The van der Waals surface area contributed by atoms with Crippen LogP contribution in [0.2, 0.25) is 0 Å². The molecule has 3 rings (SSSR count). The van der Waals surface area contributed by atoms with Crippen molar-refractivity contribution in [3.63, 3.8) is 0 Å². The second kappa shape index (κ2) is 32.0. The van der Waals surface area contributed by atoms with E-state index in [2.05, 4.69) is 31.6 Å². The van der Waals surface area contributed by atoms with Crippen LogP contribution >= 0.6 is 0 Å². The quantitative estimate of drug-likeness (QED) is 0.0586. The number of amides is 7. The zero-order chi connectivity index (χ0) is 50.4. The Morgan fingerprint density at radius 1 is 0.682 bits per heavy atom. The highest BCUT2D eigenvalue weighted by molar-refractivity contribution is 6.04. The van der Waals surface area contributed by atoms with Crippen LogP contribution in [-0.4, -0.2) is 133 Å². The van der Waals surface area contributed by atoms with Crippen molar-refractivity contribution in [1.82, 2.24) is 36.6 Å². The average Bonchev–Trinajstić information content (AvgIpc) is 3.61. The number of aliphatic carboxylic acids is 4. The number of nitrogens with one attached hydrogen (secondary N) is 5. The Morgan fingerprint density at radius 2 is 1.21 bits per heavy atom. The summed E-state index contributed by atoms with van der Waals surface area (Å²) < 4.78 is 0. The summed E-state index contributed by atoms with van der Waals surface area (Å²) in [6.07, 6.45) is 3.01. The minimum Gasteiger partial charge on any atom is -0.481 e. The lowest BCUT2D eigenvalue weighted by Crippen LogP contribution is -2.52. The van der Waals surface area contributed by atoms with Crippen molar-refractivity contribution in [3.8, 4) is 0 Å². The fraction of sp³-hybridized carbons (Fsp3) is 0.452. The molecule has 2 aromatic rings. The van der Waals surface area contributed by atoms with E-state index in [0.717, 1.165) is 11.6 Å². The molecule has 7 amide bonds. The Labute approximate surface area is 379 Å². The molecule has 66 heavy (non-hydrogen) atoms. The van der Waals surface area contributed by atoms with Crippen LogP contribution in [0.1, 0.15) is 122 Å². The Balaban J connectivity index is 0.00000313. The number of aryl methyl sites for hydroxylation is 1. The van der Waals surface area contributed by atoms with Crippen LogP contribution in [0.4, 0.5) is 0 Å². The maximum Gasteiger partial charge on any atom is 0.363 e. The molecular formula is C42H57N7O17. The summed E-state index contributed by atoms with van der Waals surface area (Å²) in [4.78, 5) is 149. The first-order chi connectivity index (χ1) is 31.2. The molecule has 1 fully saturated rings. The Morgan fingerprint density at radius 3 is 1.74 bits per heavy atom. The van der Waals surface area contributed by atoms with Crippen molar-refractivity contribution in [2.75, 3.05) is 19.6 Å². The minimum absolute atomic E-state index is 0.00883. The molecule has 1 aliphatic heterocycles. The highest BCUT2D eigenvalue weighted by atomic mass is 16.7. The Hall–Kier alpha value is -7.79. The monoisotopic (exact) mass is 931 g/mol. The van der Waals surface area contributed by atoms with E-state index in [9.17, 15) is 62.6 Å². The number of benzene rings is 1. The second-order valence-corrected chi connectivity index (χ2v) is 13.4. The maximum absolute atomic E-state index is 12.8. The zero-order valence-corrected chi connectivity index (χ0v) is 37.2. The molecule has 0 spiro atoms. The molecule has 1 aromatic heterocycles. The number of carbonyl (C=O) groups is 12. The number of pyridine rings is 1. The lowest BCUT2D eigenvalue weighted by atomic mass is 10.1. The molecule has 2 unspecified atom stereocenters. The number of hydrogen-bond donors (Lipinski definition) is 9. The van der Waals surface area contributed by atoms with Gasteiger partial charge in [-0.25, -0.2) is 9.59 Å². The summed E-state index contributed by atoms with van der Waals surface area (Å²) in [5.41, 5.74) is 0.902. The van der Waals surface area contributed by atoms with Crippen LogP contribution in [0.5, 0.6) is 0 Å². The number of imide groups is 1. The summed E-state index contributed by atoms with van der Waals surface area (Å²) in [6.45, 7) is 7.82. The summed E-state index contributed by atoms with van der Waals surface area (Å²) in [6, 6.07) is 3.85. The van der Waals surface area contributed by atoms with Crippen molar-refractivity contribution in [1.29, 1.82) is 0 Å². The van der Waals surface area contributed by atoms with Gasteiger partial charge in [0.1, 0.15) is 12.1 Å². The molecule has 0 aliphatic carbocycles. The number of hydrogen-bond acceptors (Lipinski definition) is 14. The van der Waals surface area contributed by atoms with Crippen molar-refractivity contribution >= 4 is 71.2 Å². The van der Waals surface area contributed by atoms with Gasteiger partial charge < -0.3 is 51.8 Å². The van der Waals surface area contributed by atoms with Crippen LogP contribution in [-0.2, 0) is 48.0 Å². The van der Waals surface area contributed by atoms with Crippen LogP contribution < -0.4 is 26.6 Å². The van der Waals surface area contributed by atoms with E-state index in [4.69, 9.17) is 20.2 Å². The van der Waals surface area contributed by atoms with Crippen molar-refractivity contribution in [2.45, 2.75) is 104 Å². The predicted molar refractivity (Wildman–Crippen MR) is 229 cm³/mol. The lowest BCUT2D eigenvalue weighted by Gasteiger charge is -2.19. The van der Waals surface area contributed by atoms with E-state index in [1.165, 1.54) is 24.4 Å².